The highest BCUT2D eigenvalue weighted by Crippen LogP contribution is 2.27. The lowest BCUT2D eigenvalue weighted by Gasteiger charge is -2.18. The van der Waals surface area contributed by atoms with Crippen molar-refractivity contribution in [2.24, 2.45) is 0 Å². The molecular formula is C18H20ClN2O+. The fourth-order valence-corrected chi connectivity index (χ4v) is 3.26. The standard InChI is InChI=1S/C18H19ClN2O/c1-13(15-7-3-4-8-16(15)19)20-12-18(22)21-11-10-14-6-2-5-9-17(14)21/h2-9,13,20H,10-12H2,1H3/p+1/t13-/m0/s1. The van der Waals surface area contributed by atoms with Gasteiger partial charge >= 0.3 is 0 Å². The highest BCUT2D eigenvalue weighted by atomic mass is 35.5. The second-order valence-corrected chi connectivity index (χ2v) is 6.08. The summed E-state index contributed by atoms with van der Waals surface area (Å²) >= 11 is 6.21. The number of nitrogens with zero attached hydrogens (tertiary/aromatic N) is 1. The summed E-state index contributed by atoms with van der Waals surface area (Å²) in [5.74, 6) is 0.156. The van der Waals surface area contributed by atoms with Gasteiger partial charge < -0.3 is 10.2 Å². The summed E-state index contributed by atoms with van der Waals surface area (Å²) in [6.07, 6.45) is 0.946. The van der Waals surface area contributed by atoms with Crippen LogP contribution in [0.4, 0.5) is 5.69 Å². The molecule has 0 saturated carbocycles. The van der Waals surface area contributed by atoms with Crippen molar-refractivity contribution in [1.29, 1.82) is 0 Å². The predicted molar refractivity (Wildman–Crippen MR) is 89.2 cm³/mol. The Morgan fingerprint density at radius 3 is 2.77 bits per heavy atom. The summed E-state index contributed by atoms with van der Waals surface area (Å²) < 4.78 is 0. The Morgan fingerprint density at radius 1 is 1.23 bits per heavy atom. The van der Waals surface area contributed by atoms with Gasteiger partial charge in [-0.3, -0.25) is 4.79 Å². The van der Waals surface area contributed by atoms with E-state index in [1.54, 1.807) is 0 Å². The molecule has 1 atom stereocenters. The monoisotopic (exact) mass is 315 g/mol. The van der Waals surface area contributed by atoms with E-state index in [1.807, 2.05) is 52.7 Å². The average Bonchev–Trinajstić information content (AvgIpc) is 2.97. The molecular weight excluding hydrogens is 296 g/mol. The first-order valence-corrected chi connectivity index (χ1v) is 8.00. The summed E-state index contributed by atoms with van der Waals surface area (Å²) in [6, 6.07) is 16.1. The molecule has 0 aliphatic carbocycles. The van der Waals surface area contributed by atoms with E-state index in [-0.39, 0.29) is 11.9 Å². The fourth-order valence-electron chi connectivity index (χ4n) is 2.96. The van der Waals surface area contributed by atoms with Crippen LogP contribution in [0.3, 0.4) is 0 Å². The number of hydrogen-bond donors (Lipinski definition) is 1. The Labute approximate surface area is 135 Å². The van der Waals surface area contributed by atoms with Crippen LogP contribution in [0, 0.1) is 0 Å². The maximum Gasteiger partial charge on any atom is 0.282 e. The van der Waals surface area contributed by atoms with Gasteiger partial charge in [0.1, 0.15) is 6.04 Å². The zero-order valence-electron chi connectivity index (χ0n) is 12.6. The lowest BCUT2D eigenvalue weighted by molar-refractivity contribution is -0.682. The quantitative estimate of drug-likeness (QED) is 0.925. The Kier molecular flexibility index (Phi) is 4.46. The third-order valence-electron chi connectivity index (χ3n) is 4.23. The van der Waals surface area contributed by atoms with Crippen LogP contribution in [0.5, 0.6) is 0 Å². The van der Waals surface area contributed by atoms with Crippen molar-refractivity contribution in [3.63, 3.8) is 0 Å². The highest BCUT2D eigenvalue weighted by molar-refractivity contribution is 6.31. The van der Waals surface area contributed by atoms with Gasteiger partial charge in [0.2, 0.25) is 0 Å². The number of carbonyl (C=O) groups is 1. The maximum atomic E-state index is 12.5. The molecule has 4 heteroatoms. The van der Waals surface area contributed by atoms with Gasteiger partial charge in [-0.25, -0.2) is 0 Å². The lowest BCUT2D eigenvalue weighted by Crippen LogP contribution is -2.87. The summed E-state index contributed by atoms with van der Waals surface area (Å²) in [6.45, 7) is 3.29. The number of benzene rings is 2. The van der Waals surface area contributed by atoms with E-state index in [4.69, 9.17) is 11.6 Å². The molecule has 0 saturated heterocycles. The van der Waals surface area contributed by atoms with Gasteiger partial charge in [0.15, 0.2) is 6.54 Å². The third-order valence-corrected chi connectivity index (χ3v) is 4.57. The third kappa shape index (κ3) is 3.01. The first kappa shape index (κ1) is 15.1. The maximum absolute atomic E-state index is 12.5. The Bertz CT molecular complexity index is 686. The molecule has 0 spiro atoms. The Balaban J connectivity index is 1.63. The van der Waals surface area contributed by atoms with E-state index in [1.165, 1.54) is 5.56 Å². The molecule has 2 aromatic rings. The van der Waals surface area contributed by atoms with Gasteiger partial charge in [-0.1, -0.05) is 48.0 Å². The SMILES string of the molecule is C[C@H]([NH2+]CC(=O)N1CCc2ccccc21)c1ccccc1Cl. The number of rotatable bonds is 4. The van der Waals surface area contributed by atoms with Crippen molar-refractivity contribution >= 4 is 23.2 Å². The molecule has 2 N–H and O–H groups in total. The van der Waals surface area contributed by atoms with Crippen molar-refractivity contribution in [3.8, 4) is 0 Å². The van der Waals surface area contributed by atoms with E-state index in [2.05, 4.69) is 13.0 Å². The van der Waals surface area contributed by atoms with Crippen LogP contribution in [0.15, 0.2) is 48.5 Å². The average molecular weight is 316 g/mol. The van der Waals surface area contributed by atoms with Crippen molar-refractivity contribution in [3.05, 3.63) is 64.7 Å². The van der Waals surface area contributed by atoms with Crippen molar-refractivity contribution < 1.29 is 10.1 Å². The normalized spacial score (nSPS) is 14.7. The molecule has 22 heavy (non-hydrogen) atoms. The second-order valence-electron chi connectivity index (χ2n) is 5.67. The molecule has 0 radical (unpaired) electrons. The zero-order chi connectivity index (χ0) is 15.5. The lowest BCUT2D eigenvalue weighted by atomic mass is 10.1. The van der Waals surface area contributed by atoms with Gasteiger partial charge in [0, 0.05) is 22.8 Å². The molecule has 0 bridgehead atoms. The number of fused-ring (bicyclic) bond motifs is 1. The molecule has 0 aromatic heterocycles. The van der Waals surface area contributed by atoms with Gasteiger partial charge in [0.25, 0.3) is 5.91 Å². The number of hydrogen-bond acceptors (Lipinski definition) is 1. The Morgan fingerprint density at radius 2 is 1.95 bits per heavy atom. The summed E-state index contributed by atoms with van der Waals surface area (Å²) in [5.41, 5.74) is 3.39. The van der Waals surface area contributed by atoms with E-state index in [0.29, 0.717) is 6.54 Å². The van der Waals surface area contributed by atoms with Crippen LogP contribution in [-0.2, 0) is 11.2 Å². The highest BCUT2D eigenvalue weighted by Gasteiger charge is 2.25. The molecule has 0 unspecified atom stereocenters. The van der Waals surface area contributed by atoms with E-state index < -0.39 is 0 Å². The first-order chi connectivity index (χ1) is 10.7. The molecule has 3 rings (SSSR count). The molecule has 0 fully saturated rings. The van der Waals surface area contributed by atoms with Crippen LogP contribution in [0.25, 0.3) is 0 Å². The Hall–Kier alpha value is -1.84. The zero-order valence-corrected chi connectivity index (χ0v) is 13.4. The molecule has 1 aliphatic heterocycles. The van der Waals surface area contributed by atoms with Crippen LogP contribution in [0.1, 0.15) is 24.1 Å². The van der Waals surface area contributed by atoms with Gasteiger partial charge in [-0.15, -0.1) is 0 Å². The van der Waals surface area contributed by atoms with Gasteiger partial charge in [-0.05, 0) is 31.0 Å². The minimum absolute atomic E-state index is 0.156. The number of para-hydroxylation sites is 1. The number of quaternary nitrogens is 1. The summed E-state index contributed by atoms with van der Waals surface area (Å²) in [7, 11) is 0. The smallest absolute Gasteiger partial charge is 0.282 e. The molecule has 114 valence electrons. The number of amides is 1. The number of nitrogens with two attached hydrogens (primary N) is 1. The van der Waals surface area contributed by atoms with Crippen molar-refractivity contribution in [1.82, 2.24) is 0 Å². The van der Waals surface area contributed by atoms with E-state index in [0.717, 1.165) is 29.2 Å². The van der Waals surface area contributed by atoms with E-state index in [9.17, 15) is 4.79 Å². The molecule has 1 heterocycles. The topological polar surface area (TPSA) is 36.9 Å². The second kappa shape index (κ2) is 6.51. The fraction of sp³-hybridized carbons (Fsp3) is 0.278. The predicted octanol–water partition coefficient (Wildman–Crippen LogP) is 2.55. The number of anilines is 1. The largest absolute Gasteiger partial charge is 0.332 e. The van der Waals surface area contributed by atoms with Crippen LogP contribution in [-0.4, -0.2) is 19.0 Å². The molecule has 1 aliphatic rings. The van der Waals surface area contributed by atoms with Gasteiger partial charge in [0.05, 0.1) is 0 Å². The van der Waals surface area contributed by atoms with Crippen LogP contribution in [0.2, 0.25) is 5.02 Å². The number of halogens is 1. The summed E-state index contributed by atoms with van der Waals surface area (Å²) in [4.78, 5) is 14.4. The summed E-state index contributed by atoms with van der Waals surface area (Å²) in [5, 5.41) is 2.80. The van der Waals surface area contributed by atoms with Crippen LogP contribution >= 0.6 is 11.6 Å². The molecule has 1 amide bonds. The van der Waals surface area contributed by atoms with Crippen LogP contribution < -0.4 is 10.2 Å². The van der Waals surface area contributed by atoms with Crippen molar-refractivity contribution in [2.45, 2.75) is 19.4 Å². The number of carbonyl (C=O) groups excluding carboxylic acids is 1. The van der Waals surface area contributed by atoms with Gasteiger partial charge in [-0.2, -0.15) is 0 Å². The first-order valence-electron chi connectivity index (χ1n) is 7.63. The minimum Gasteiger partial charge on any atom is -0.332 e. The molecule has 3 nitrogen and oxygen atoms in total. The van der Waals surface area contributed by atoms with Crippen molar-refractivity contribution in [2.75, 3.05) is 18.0 Å². The van der Waals surface area contributed by atoms with E-state index >= 15 is 0 Å². The minimum atomic E-state index is 0.156. The molecule has 2 aromatic carbocycles.